The minimum atomic E-state index is -0.486. The van der Waals surface area contributed by atoms with Crippen molar-refractivity contribution in [3.63, 3.8) is 0 Å². The van der Waals surface area contributed by atoms with Gasteiger partial charge in [-0.2, -0.15) is 0 Å². The monoisotopic (exact) mass is 444 g/mol. The van der Waals surface area contributed by atoms with E-state index >= 15 is 0 Å². The van der Waals surface area contributed by atoms with Crippen LogP contribution in [0.25, 0.3) is 22.4 Å². The van der Waals surface area contributed by atoms with Gasteiger partial charge in [0.1, 0.15) is 22.8 Å². The standard InChI is InChI=1S/C21H15ClF2N4O3/c22-16-9-15(24)6-3-13(16)10-25-17(29)7-8-28-11-26-19-18(27-31-20(19)21(28)30)12-1-4-14(23)5-2-12/h1-6,9,11H,7-8,10H2,(H,25,29). The maximum atomic E-state index is 13.1. The molecule has 0 fully saturated rings. The second kappa shape index (κ2) is 8.65. The van der Waals surface area contributed by atoms with Crippen LogP contribution in [-0.4, -0.2) is 20.6 Å². The van der Waals surface area contributed by atoms with Crippen molar-refractivity contribution in [1.82, 2.24) is 20.0 Å². The van der Waals surface area contributed by atoms with Crippen LogP contribution in [0.1, 0.15) is 12.0 Å². The highest BCUT2D eigenvalue weighted by molar-refractivity contribution is 6.31. The minimum absolute atomic E-state index is 0.00482. The van der Waals surface area contributed by atoms with E-state index in [-0.39, 0.29) is 41.5 Å². The van der Waals surface area contributed by atoms with E-state index in [2.05, 4.69) is 15.5 Å². The zero-order valence-electron chi connectivity index (χ0n) is 15.9. The quantitative estimate of drug-likeness (QED) is 0.490. The van der Waals surface area contributed by atoms with Crippen LogP contribution in [0.2, 0.25) is 5.02 Å². The lowest BCUT2D eigenvalue weighted by molar-refractivity contribution is -0.121. The lowest BCUT2D eigenvalue weighted by atomic mass is 10.1. The molecule has 0 spiro atoms. The molecule has 31 heavy (non-hydrogen) atoms. The molecule has 0 unspecified atom stereocenters. The summed E-state index contributed by atoms with van der Waals surface area (Å²) < 4.78 is 32.6. The molecule has 0 atom stereocenters. The van der Waals surface area contributed by atoms with Crippen molar-refractivity contribution in [2.24, 2.45) is 0 Å². The van der Waals surface area contributed by atoms with E-state index in [0.717, 1.165) is 0 Å². The molecule has 0 aliphatic heterocycles. The number of amides is 1. The molecular weight excluding hydrogens is 430 g/mol. The second-order valence-corrected chi connectivity index (χ2v) is 7.13. The molecule has 0 bridgehead atoms. The van der Waals surface area contributed by atoms with E-state index in [1.807, 2.05) is 0 Å². The van der Waals surface area contributed by atoms with Crippen LogP contribution in [0.4, 0.5) is 8.78 Å². The van der Waals surface area contributed by atoms with Crippen LogP contribution >= 0.6 is 11.6 Å². The molecule has 7 nitrogen and oxygen atoms in total. The largest absolute Gasteiger partial charge is 0.352 e. The summed E-state index contributed by atoms with van der Waals surface area (Å²) in [5.41, 5.74) is 1.17. The Hall–Kier alpha value is -3.59. The third kappa shape index (κ3) is 4.46. The molecule has 2 aromatic carbocycles. The van der Waals surface area contributed by atoms with Gasteiger partial charge >= 0.3 is 0 Å². The van der Waals surface area contributed by atoms with Gasteiger partial charge in [-0.05, 0) is 42.0 Å². The summed E-state index contributed by atoms with van der Waals surface area (Å²) >= 11 is 5.94. The van der Waals surface area contributed by atoms with Gasteiger partial charge < -0.3 is 9.84 Å². The van der Waals surface area contributed by atoms with E-state index in [4.69, 9.17) is 16.1 Å². The van der Waals surface area contributed by atoms with Crippen molar-refractivity contribution >= 4 is 28.6 Å². The Labute approximate surface area is 179 Å². The van der Waals surface area contributed by atoms with Gasteiger partial charge in [0.05, 0.1) is 6.33 Å². The molecule has 2 aromatic heterocycles. The average molecular weight is 445 g/mol. The van der Waals surface area contributed by atoms with Crippen LogP contribution < -0.4 is 10.9 Å². The van der Waals surface area contributed by atoms with Crippen molar-refractivity contribution in [1.29, 1.82) is 0 Å². The third-order valence-electron chi connectivity index (χ3n) is 4.64. The lowest BCUT2D eigenvalue weighted by Crippen LogP contribution is -2.27. The van der Waals surface area contributed by atoms with E-state index < -0.39 is 17.2 Å². The fourth-order valence-electron chi connectivity index (χ4n) is 2.98. The first-order valence-corrected chi connectivity index (χ1v) is 9.61. The summed E-state index contributed by atoms with van der Waals surface area (Å²) in [4.78, 5) is 29.0. The number of hydrogen-bond donors (Lipinski definition) is 1. The molecule has 0 saturated carbocycles. The van der Waals surface area contributed by atoms with Gasteiger partial charge in [0, 0.05) is 30.1 Å². The average Bonchev–Trinajstić information content (AvgIpc) is 3.18. The van der Waals surface area contributed by atoms with Crippen molar-refractivity contribution in [2.75, 3.05) is 0 Å². The van der Waals surface area contributed by atoms with Crippen molar-refractivity contribution in [3.05, 3.63) is 81.4 Å². The van der Waals surface area contributed by atoms with Crippen LogP contribution in [0.15, 0.2) is 58.1 Å². The SMILES string of the molecule is O=C(CCn1cnc2c(-c3ccc(F)cc3)noc2c1=O)NCc1ccc(F)cc1Cl. The first-order chi connectivity index (χ1) is 14.9. The van der Waals surface area contributed by atoms with Crippen molar-refractivity contribution in [2.45, 2.75) is 19.5 Å². The Bertz CT molecular complexity index is 1320. The van der Waals surface area contributed by atoms with Crippen molar-refractivity contribution in [3.8, 4) is 11.3 Å². The first-order valence-electron chi connectivity index (χ1n) is 9.24. The number of benzene rings is 2. The number of nitrogens with one attached hydrogen (secondary N) is 1. The fraction of sp³-hybridized carbons (Fsp3) is 0.143. The Morgan fingerprint density at radius 1 is 1.13 bits per heavy atom. The summed E-state index contributed by atoms with van der Waals surface area (Å²) in [6, 6.07) is 9.48. The number of fused-ring (bicyclic) bond motifs is 1. The van der Waals surface area contributed by atoms with Gasteiger partial charge in [0.15, 0.2) is 0 Å². The predicted octanol–water partition coefficient (Wildman–Crippen LogP) is 3.69. The molecule has 0 radical (unpaired) electrons. The molecule has 158 valence electrons. The molecule has 4 rings (SSSR count). The van der Waals surface area contributed by atoms with Crippen molar-refractivity contribution < 1.29 is 18.1 Å². The topological polar surface area (TPSA) is 90.0 Å². The normalized spacial score (nSPS) is 11.1. The van der Waals surface area contributed by atoms with Gasteiger partial charge in [0.2, 0.25) is 5.91 Å². The summed E-state index contributed by atoms with van der Waals surface area (Å²) in [7, 11) is 0. The highest BCUT2D eigenvalue weighted by Gasteiger charge is 2.17. The van der Waals surface area contributed by atoms with Gasteiger partial charge in [-0.3, -0.25) is 14.2 Å². The number of nitrogens with zero attached hydrogens (tertiary/aromatic N) is 3. The Kier molecular flexibility index (Phi) is 5.77. The molecule has 0 saturated heterocycles. The highest BCUT2D eigenvalue weighted by atomic mass is 35.5. The van der Waals surface area contributed by atoms with E-state index in [0.29, 0.717) is 16.8 Å². The van der Waals surface area contributed by atoms with Crippen LogP contribution in [0.5, 0.6) is 0 Å². The smallest absolute Gasteiger partial charge is 0.299 e. The number of carbonyl (C=O) groups is 1. The maximum Gasteiger partial charge on any atom is 0.299 e. The minimum Gasteiger partial charge on any atom is -0.352 e. The Morgan fingerprint density at radius 2 is 1.87 bits per heavy atom. The van der Waals surface area contributed by atoms with E-state index in [1.165, 1.54) is 53.4 Å². The number of rotatable bonds is 6. The number of hydrogen-bond acceptors (Lipinski definition) is 5. The number of halogens is 3. The van der Waals surface area contributed by atoms with Crippen LogP contribution in [0, 0.1) is 11.6 Å². The molecule has 4 aromatic rings. The number of carbonyl (C=O) groups excluding carboxylic acids is 1. The van der Waals surface area contributed by atoms with Gasteiger partial charge in [-0.15, -0.1) is 0 Å². The molecule has 0 aliphatic carbocycles. The summed E-state index contributed by atoms with van der Waals surface area (Å²) in [6.45, 7) is 0.199. The van der Waals surface area contributed by atoms with Gasteiger partial charge in [0.25, 0.3) is 11.1 Å². The molecule has 0 aliphatic rings. The third-order valence-corrected chi connectivity index (χ3v) is 4.99. The first kappa shape index (κ1) is 20.7. The fourth-order valence-corrected chi connectivity index (χ4v) is 3.22. The second-order valence-electron chi connectivity index (χ2n) is 6.72. The Balaban J connectivity index is 1.44. The molecular formula is C21H15ClF2N4O3. The number of aryl methyl sites for hydroxylation is 1. The van der Waals surface area contributed by atoms with Gasteiger partial charge in [-0.1, -0.05) is 22.8 Å². The highest BCUT2D eigenvalue weighted by Crippen LogP contribution is 2.24. The summed E-state index contributed by atoms with van der Waals surface area (Å²) in [6.07, 6.45) is 1.31. The molecule has 1 amide bonds. The summed E-state index contributed by atoms with van der Waals surface area (Å²) in [5, 5.41) is 6.76. The zero-order chi connectivity index (χ0) is 22.0. The van der Waals surface area contributed by atoms with E-state index in [9.17, 15) is 18.4 Å². The lowest BCUT2D eigenvalue weighted by Gasteiger charge is -2.08. The molecule has 2 heterocycles. The molecule has 1 N–H and O–H groups in total. The Morgan fingerprint density at radius 3 is 2.61 bits per heavy atom. The van der Waals surface area contributed by atoms with Gasteiger partial charge in [-0.25, -0.2) is 13.8 Å². The van der Waals surface area contributed by atoms with E-state index in [1.54, 1.807) is 0 Å². The predicted molar refractivity (Wildman–Crippen MR) is 109 cm³/mol. The number of aromatic nitrogens is 3. The summed E-state index contributed by atoms with van der Waals surface area (Å²) in [5.74, 6) is -1.18. The van der Waals surface area contributed by atoms with Crippen LogP contribution in [-0.2, 0) is 17.9 Å². The van der Waals surface area contributed by atoms with Crippen LogP contribution in [0.3, 0.4) is 0 Å². The maximum absolute atomic E-state index is 13.1. The molecule has 10 heteroatoms. The zero-order valence-corrected chi connectivity index (χ0v) is 16.7.